The van der Waals surface area contributed by atoms with Crippen molar-refractivity contribution in [3.63, 3.8) is 0 Å². The van der Waals surface area contributed by atoms with Crippen molar-refractivity contribution in [3.05, 3.63) is 17.7 Å². The van der Waals surface area contributed by atoms with E-state index in [0.29, 0.717) is 49.0 Å². The molecule has 1 aliphatic heterocycles. The first kappa shape index (κ1) is 23.8. The quantitative estimate of drug-likeness (QED) is 0.754. The van der Waals surface area contributed by atoms with Gasteiger partial charge in [-0.3, -0.25) is 9.59 Å². The molecule has 2 amide bonds. The molecule has 9 heteroatoms. The molecule has 1 aromatic rings. The molecular formula is C19H30ClN3O5. The summed E-state index contributed by atoms with van der Waals surface area (Å²) in [5.74, 6) is 1.04. The van der Waals surface area contributed by atoms with Crippen LogP contribution in [0.15, 0.2) is 12.1 Å². The number of carbonyl (C=O) groups is 2. The maximum atomic E-state index is 13.0. The summed E-state index contributed by atoms with van der Waals surface area (Å²) in [6.07, 6.45) is 0. The van der Waals surface area contributed by atoms with Gasteiger partial charge in [-0.1, -0.05) is 13.8 Å². The summed E-state index contributed by atoms with van der Waals surface area (Å²) in [7, 11) is 4.51. The fourth-order valence-corrected chi connectivity index (χ4v) is 3.07. The fraction of sp³-hybridized carbons (Fsp3) is 0.579. The molecule has 1 atom stereocenters. The first-order valence-electron chi connectivity index (χ1n) is 8.98. The number of carbonyl (C=O) groups excluding carboxylic acids is 2. The van der Waals surface area contributed by atoms with Gasteiger partial charge in [0, 0.05) is 26.2 Å². The minimum Gasteiger partial charge on any atom is -0.493 e. The average molecular weight is 416 g/mol. The fourth-order valence-electron chi connectivity index (χ4n) is 3.07. The van der Waals surface area contributed by atoms with Gasteiger partial charge in [-0.15, -0.1) is 12.4 Å². The largest absolute Gasteiger partial charge is 0.493 e. The van der Waals surface area contributed by atoms with E-state index in [0.717, 1.165) is 0 Å². The summed E-state index contributed by atoms with van der Waals surface area (Å²) >= 11 is 0. The van der Waals surface area contributed by atoms with Gasteiger partial charge in [0.05, 0.1) is 32.9 Å². The number of ether oxygens (including phenoxy) is 3. The lowest BCUT2D eigenvalue weighted by Gasteiger charge is -2.36. The minimum absolute atomic E-state index is 0. The lowest BCUT2D eigenvalue weighted by Crippen LogP contribution is -2.55. The Balaban J connectivity index is 0.00000392. The molecule has 2 N–H and O–H groups in total. The molecule has 1 fully saturated rings. The minimum atomic E-state index is -0.516. The molecule has 1 aromatic carbocycles. The zero-order valence-corrected chi connectivity index (χ0v) is 17.9. The van der Waals surface area contributed by atoms with E-state index >= 15 is 0 Å². The van der Waals surface area contributed by atoms with Crippen LogP contribution in [0.5, 0.6) is 17.2 Å². The van der Waals surface area contributed by atoms with Crippen LogP contribution in [-0.2, 0) is 4.79 Å². The number of halogens is 1. The van der Waals surface area contributed by atoms with Crippen LogP contribution in [0.4, 0.5) is 0 Å². The van der Waals surface area contributed by atoms with Gasteiger partial charge in [-0.05, 0) is 18.1 Å². The highest BCUT2D eigenvalue weighted by molar-refractivity contribution is 5.98. The van der Waals surface area contributed by atoms with Crippen molar-refractivity contribution in [2.45, 2.75) is 19.9 Å². The zero-order valence-electron chi connectivity index (χ0n) is 17.1. The number of nitrogens with zero attached hydrogens (tertiary/aromatic N) is 2. The molecule has 0 unspecified atom stereocenters. The van der Waals surface area contributed by atoms with E-state index in [2.05, 4.69) is 0 Å². The Morgan fingerprint density at radius 1 is 0.929 bits per heavy atom. The Morgan fingerprint density at radius 3 is 1.93 bits per heavy atom. The number of nitrogens with two attached hydrogens (primary N) is 1. The van der Waals surface area contributed by atoms with Crippen LogP contribution in [0.1, 0.15) is 24.2 Å². The van der Waals surface area contributed by atoms with Gasteiger partial charge in [-0.2, -0.15) is 0 Å². The van der Waals surface area contributed by atoms with Crippen molar-refractivity contribution >= 4 is 24.2 Å². The number of hydrogen-bond acceptors (Lipinski definition) is 6. The summed E-state index contributed by atoms with van der Waals surface area (Å²) in [6.45, 7) is 5.64. The maximum absolute atomic E-state index is 13.0. The third kappa shape index (κ3) is 4.80. The molecular weight excluding hydrogens is 386 g/mol. The summed E-state index contributed by atoms with van der Waals surface area (Å²) in [4.78, 5) is 28.8. The smallest absolute Gasteiger partial charge is 0.257 e. The van der Waals surface area contributed by atoms with Crippen LogP contribution in [0, 0.1) is 5.92 Å². The van der Waals surface area contributed by atoms with Gasteiger partial charge in [0.1, 0.15) is 0 Å². The van der Waals surface area contributed by atoms with Crippen LogP contribution < -0.4 is 19.9 Å². The number of benzene rings is 1. The second-order valence-corrected chi connectivity index (χ2v) is 6.77. The Kier molecular flexibility index (Phi) is 8.84. The monoisotopic (exact) mass is 415 g/mol. The normalized spacial score (nSPS) is 15.0. The number of rotatable bonds is 6. The Morgan fingerprint density at radius 2 is 1.46 bits per heavy atom. The summed E-state index contributed by atoms with van der Waals surface area (Å²) < 4.78 is 16.0. The van der Waals surface area contributed by atoms with E-state index in [9.17, 15) is 9.59 Å². The van der Waals surface area contributed by atoms with Crippen molar-refractivity contribution in [2.24, 2.45) is 11.7 Å². The first-order chi connectivity index (χ1) is 12.8. The highest BCUT2D eigenvalue weighted by Gasteiger charge is 2.30. The van der Waals surface area contributed by atoms with Crippen molar-refractivity contribution < 1.29 is 23.8 Å². The lowest BCUT2D eigenvalue weighted by atomic mass is 10.0. The van der Waals surface area contributed by atoms with Crippen LogP contribution in [0.2, 0.25) is 0 Å². The van der Waals surface area contributed by atoms with Crippen molar-refractivity contribution in [3.8, 4) is 17.2 Å². The van der Waals surface area contributed by atoms with E-state index < -0.39 is 6.04 Å². The van der Waals surface area contributed by atoms with Gasteiger partial charge in [0.25, 0.3) is 5.91 Å². The Labute approximate surface area is 172 Å². The maximum Gasteiger partial charge on any atom is 0.257 e. The molecule has 0 aliphatic carbocycles. The molecule has 28 heavy (non-hydrogen) atoms. The van der Waals surface area contributed by atoms with E-state index in [1.807, 2.05) is 13.8 Å². The Hall–Kier alpha value is -2.19. The van der Waals surface area contributed by atoms with Gasteiger partial charge in [0.15, 0.2) is 11.5 Å². The van der Waals surface area contributed by atoms with Crippen molar-refractivity contribution in [2.75, 3.05) is 47.5 Å². The van der Waals surface area contributed by atoms with E-state index in [-0.39, 0.29) is 30.1 Å². The van der Waals surface area contributed by atoms with Crippen LogP contribution in [0.3, 0.4) is 0 Å². The van der Waals surface area contributed by atoms with Gasteiger partial charge >= 0.3 is 0 Å². The molecule has 1 heterocycles. The molecule has 1 aliphatic rings. The number of hydrogen-bond donors (Lipinski definition) is 1. The first-order valence-corrected chi connectivity index (χ1v) is 8.98. The second kappa shape index (κ2) is 10.4. The molecule has 2 rings (SSSR count). The third-order valence-corrected chi connectivity index (χ3v) is 4.82. The van der Waals surface area contributed by atoms with Crippen LogP contribution in [0.25, 0.3) is 0 Å². The lowest BCUT2D eigenvalue weighted by molar-refractivity contribution is -0.135. The number of amides is 2. The molecule has 0 bridgehead atoms. The number of methoxy groups -OCH3 is 3. The topological polar surface area (TPSA) is 94.3 Å². The number of piperazine rings is 1. The summed E-state index contributed by atoms with van der Waals surface area (Å²) in [6, 6.07) is 2.82. The molecule has 1 saturated heterocycles. The van der Waals surface area contributed by atoms with E-state index in [1.165, 1.54) is 21.3 Å². The molecule has 158 valence electrons. The summed E-state index contributed by atoms with van der Waals surface area (Å²) in [5, 5.41) is 0. The zero-order chi connectivity index (χ0) is 20.1. The molecule has 0 radical (unpaired) electrons. The summed E-state index contributed by atoms with van der Waals surface area (Å²) in [5.41, 5.74) is 6.36. The molecule has 8 nitrogen and oxygen atoms in total. The Bertz CT molecular complexity index is 690. The van der Waals surface area contributed by atoms with Crippen molar-refractivity contribution in [1.82, 2.24) is 9.80 Å². The predicted molar refractivity (Wildman–Crippen MR) is 109 cm³/mol. The molecule has 0 aromatic heterocycles. The second-order valence-electron chi connectivity index (χ2n) is 6.77. The van der Waals surface area contributed by atoms with Gasteiger partial charge in [0.2, 0.25) is 11.7 Å². The van der Waals surface area contributed by atoms with Gasteiger partial charge < -0.3 is 29.7 Å². The highest BCUT2D eigenvalue weighted by atomic mass is 35.5. The van der Waals surface area contributed by atoms with Gasteiger partial charge in [-0.25, -0.2) is 0 Å². The highest BCUT2D eigenvalue weighted by Crippen LogP contribution is 2.40. The predicted octanol–water partition coefficient (Wildman–Crippen LogP) is 1.40. The van der Waals surface area contributed by atoms with Crippen molar-refractivity contribution in [1.29, 1.82) is 0 Å². The van der Waals surface area contributed by atoms with Crippen LogP contribution in [-0.4, -0.2) is 75.2 Å². The third-order valence-electron chi connectivity index (χ3n) is 4.82. The standard InChI is InChI=1S/C19H29N3O5.ClH/c1-12(2)15(20)19(24)22-10-8-21(9-11-22)18(23)13-6-7-14(25-3)17(27-5)16(13)26-4;/h6-7,12,15H,8-11,20H2,1-5H3;1H/t15-;/m0./s1. The molecule has 0 spiro atoms. The SMILES string of the molecule is COc1ccc(C(=O)N2CCN(C(=O)[C@@H](N)C(C)C)CC2)c(OC)c1OC.Cl. The van der Waals surface area contributed by atoms with E-state index in [1.54, 1.807) is 21.9 Å². The molecule has 0 saturated carbocycles. The van der Waals surface area contributed by atoms with E-state index in [4.69, 9.17) is 19.9 Å². The van der Waals surface area contributed by atoms with Crippen LogP contribution >= 0.6 is 12.4 Å². The average Bonchev–Trinajstić information content (AvgIpc) is 2.70.